The molecule has 0 radical (unpaired) electrons. The van der Waals surface area contributed by atoms with E-state index in [0.717, 1.165) is 62.7 Å². The molecule has 3 aliphatic rings. The van der Waals surface area contributed by atoms with Crippen LogP contribution in [0.25, 0.3) is 0 Å². The molecule has 2 aromatic heterocycles. The molecule has 2 aliphatic heterocycles. The molecule has 1 unspecified atom stereocenters. The molecule has 2 fully saturated rings. The molecule has 1 aromatic carbocycles. The van der Waals surface area contributed by atoms with Gasteiger partial charge in [0.1, 0.15) is 11.5 Å². The van der Waals surface area contributed by atoms with Crippen molar-refractivity contribution in [1.82, 2.24) is 25.1 Å². The maximum Gasteiger partial charge on any atom is 0.320 e. The summed E-state index contributed by atoms with van der Waals surface area (Å²) in [5.41, 5.74) is 3.05. The second-order valence-electron chi connectivity index (χ2n) is 10.0. The highest BCUT2D eigenvalue weighted by Gasteiger charge is 2.31. The summed E-state index contributed by atoms with van der Waals surface area (Å²) in [5.74, 6) is 1.17. The number of carbonyl (C=O) groups is 2. The summed E-state index contributed by atoms with van der Waals surface area (Å²) in [7, 11) is 0. The van der Waals surface area contributed by atoms with Gasteiger partial charge >= 0.3 is 6.03 Å². The molecule has 1 N–H and O–H groups in total. The van der Waals surface area contributed by atoms with E-state index in [1.807, 2.05) is 45.6 Å². The predicted octanol–water partition coefficient (Wildman–Crippen LogP) is 4.08. The molecule has 6 rings (SSSR count). The van der Waals surface area contributed by atoms with Crippen molar-refractivity contribution in [2.75, 3.05) is 44.2 Å². The van der Waals surface area contributed by atoms with E-state index in [0.29, 0.717) is 24.7 Å². The number of nitrogens with one attached hydrogen (secondary N) is 1. The minimum absolute atomic E-state index is 0.0638. The summed E-state index contributed by atoms with van der Waals surface area (Å²) in [6.45, 7) is 4.48. The van der Waals surface area contributed by atoms with E-state index in [9.17, 15) is 9.59 Å². The van der Waals surface area contributed by atoms with Crippen molar-refractivity contribution >= 4 is 29.1 Å². The molecule has 0 spiro atoms. The minimum atomic E-state index is -0.0957. The number of amides is 3. The number of hydrogen-bond acceptors (Lipinski definition) is 6. The van der Waals surface area contributed by atoms with Crippen LogP contribution in [0.5, 0.6) is 0 Å². The van der Waals surface area contributed by atoms with Gasteiger partial charge in [-0.05, 0) is 48.9 Å². The standard InChI is InChI=1S/C28H32N6O2S/c35-26(30-23-9-8-20-5-1-2-6-22(20)23)24-19-37-27(31-24)21-10-13-33(14-11-21)28(36)34-17-15-32(16-18-34)25-7-3-4-12-29-25/h1-7,12,19,21,23H,8-11,13-18H2,(H,30,35). The van der Waals surface area contributed by atoms with Crippen LogP contribution in [0.2, 0.25) is 0 Å². The van der Waals surface area contributed by atoms with E-state index in [1.165, 1.54) is 11.1 Å². The topological polar surface area (TPSA) is 81.7 Å². The average Bonchev–Trinajstić information content (AvgIpc) is 3.62. The number of rotatable bonds is 4. The van der Waals surface area contributed by atoms with Crippen molar-refractivity contribution in [2.24, 2.45) is 0 Å². The van der Waals surface area contributed by atoms with E-state index >= 15 is 0 Å². The normalized spacial score (nSPS) is 20.1. The van der Waals surface area contributed by atoms with Gasteiger partial charge in [-0.1, -0.05) is 30.3 Å². The third-order valence-electron chi connectivity index (χ3n) is 7.83. The summed E-state index contributed by atoms with van der Waals surface area (Å²) in [4.78, 5) is 41.4. The number of fused-ring (bicyclic) bond motifs is 1. The molecule has 1 atom stereocenters. The monoisotopic (exact) mass is 516 g/mol. The highest BCUT2D eigenvalue weighted by Crippen LogP contribution is 2.33. The van der Waals surface area contributed by atoms with E-state index in [1.54, 1.807) is 11.3 Å². The third kappa shape index (κ3) is 5.05. The van der Waals surface area contributed by atoms with Crippen LogP contribution >= 0.6 is 11.3 Å². The Labute approximate surface area is 221 Å². The second kappa shape index (κ2) is 10.5. The van der Waals surface area contributed by atoms with E-state index < -0.39 is 0 Å². The first kappa shape index (κ1) is 23.9. The fourth-order valence-corrected chi connectivity index (χ4v) is 6.68. The van der Waals surface area contributed by atoms with Gasteiger partial charge in [-0.15, -0.1) is 11.3 Å². The second-order valence-corrected chi connectivity index (χ2v) is 10.9. The number of urea groups is 1. The number of carbonyl (C=O) groups excluding carboxylic acids is 2. The first-order chi connectivity index (χ1) is 18.2. The van der Waals surface area contributed by atoms with Gasteiger partial charge in [-0.25, -0.2) is 14.8 Å². The molecule has 9 heteroatoms. The molecule has 1 aliphatic carbocycles. The van der Waals surface area contributed by atoms with E-state index in [2.05, 4.69) is 33.4 Å². The number of likely N-dealkylation sites (tertiary alicyclic amines) is 1. The van der Waals surface area contributed by atoms with Gasteiger partial charge in [0.15, 0.2) is 0 Å². The Bertz CT molecular complexity index is 1250. The van der Waals surface area contributed by atoms with Gasteiger partial charge in [0, 0.05) is 56.8 Å². The Morgan fingerprint density at radius 1 is 0.892 bits per heavy atom. The number of anilines is 1. The zero-order chi connectivity index (χ0) is 25.2. The minimum Gasteiger partial charge on any atom is -0.353 e. The number of aryl methyl sites for hydroxylation is 1. The van der Waals surface area contributed by atoms with Crippen LogP contribution in [0, 0.1) is 0 Å². The number of hydrogen-bond donors (Lipinski definition) is 1. The van der Waals surface area contributed by atoms with E-state index in [-0.39, 0.29) is 18.0 Å². The third-order valence-corrected chi connectivity index (χ3v) is 8.84. The summed E-state index contributed by atoms with van der Waals surface area (Å²) >= 11 is 1.57. The number of benzene rings is 1. The number of nitrogens with zero attached hydrogens (tertiary/aromatic N) is 5. The molecule has 4 heterocycles. The van der Waals surface area contributed by atoms with Crippen molar-refractivity contribution in [3.8, 4) is 0 Å². The van der Waals surface area contributed by atoms with Crippen molar-refractivity contribution in [2.45, 2.75) is 37.6 Å². The Morgan fingerprint density at radius 3 is 2.43 bits per heavy atom. The Kier molecular flexibility index (Phi) is 6.78. The van der Waals surface area contributed by atoms with Crippen LogP contribution in [0.1, 0.15) is 57.8 Å². The van der Waals surface area contributed by atoms with Gasteiger partial charge in [-0.2, -0.15) is 0 Å². The van der Waals surface area contributed by atoms with Crippen LogP contribution < -0.4 is 10.2 Å². The molecule has 2 saturated heterocycles. The largest absolute Gasteiger partial charge is 0.353 e. The molecule has 37 heavy (non-hydrogen) atoms. The molecular formula is C28H32N6O2S. The molecule has 8 nitrogen and oxygen atoms in total. The highest BCUT2D eigenvalue weighted by molar-refractivity contribution is 7.09. The zero-order valence-corrected chi connectivity index (χ0v) is 21.7. The van der Waals surface area contributed by atoms with Gasteiger partial charge in [0.25, 0.3) is 5.91 Å². The fraction of sp³-hybridized carbons (Fsp3) is 0.429. The molecule has 192 valence electrons. The van der Waals surface area contributed by atoms with Crippen molar-refractivity contribution in [1.29, 1.82) is 0 Å². The number of aromatic nitrogens is 2. The van der Waals surface area contributed by atoms with Crippen molar-refractivity contribution < 1.29 is 9.59 Å². The molecule has 3 amide bonds. The maximum atomic E-state index is 13.1. The lowest BCUT2D eigenvalue weighted by Gasteiger charge is -2.39. The average molecular weight is 517 g/mol. The number of pyridine rings is 1. The van der Waals surface area contributed by atoms with Crippen LogP contribution in [0.15, 0.2) is 54.0 Å². The summed E-state index contributed by atoms with van der Waals surface area (Å²) in [6.07, 6.45) is 5.51. The van der Waals surface area contributed by atoms with Crippen molar-refractivity contribution in [3.05, 3.63) is 75.9 Å². The highest BCUT2D eigenvalue weighted by atomic mass is 32.1. The Hall–Kier alpha value is -3.46. The maximum absolute atomic E-state index is 13.1. The number of piperazine rings is 1. The Balaban J connectivity index is 0.991. The molecular weight excluding hydrogens is 484 g/mol. The summed E-state index contributed by atoms with van der Waals surface area (Å²) in [6, 6.07) is 14.5. The first-order valence-corrected chi connectivity index (χ1v) is 14.1. The van der Waals surface area contributed by atoms with Gasteiger partial charge in [0.05, 0.1) is 11.0 Å². The fourth-order valence-electron chi connectivity index (χ4n) is 5.70. The van der Waals surface area contributed by atoms with Crippen LogP contribution in [0.3, 0.4) is 0 Å². The first-order valence-electron chi connectivity index (χ1n) is 13.2. The van der Waals surface area contributed by atoms with Crippen LogP contribution in [-0.2, 0) is 6.42 Å². The molecule has 0 saturated carbocycles. The lowest BCUT2D eigenvalue weighted by Crippen LogP contribution is -2.54. The van der Waals surface area contributed by atoms with E-state index in [4.69, 9.17) is 4.98 Å². The van der Waals surface area contributed by atoms with Crippen LogP contribution in [-0.4, -0.2) is 71.0 Å². The SMILES string of the molecule is O=C(NC1CCc2ccccc21)c1csc(C2CCN(C(=O)N3CCN(c4ccccn4)CC3)CC2)n1. The number of thiazole rings is 1. The zero-order valence-electron chi connectivity index (χ0n) is 20.9. The molecule has 0 bridgehead atoms. The predicted molar refractivity (Wildman–Crippen MR) is 144 cm³/mol. The summed E-state index contributed by atoms with van der Waals surface area (Å²) in [5, 5.41) is 6.07. The number of piperidine rings is 1. The van der Waals surface area contributed by atoms with Gasteiger partial charge in [-0.3, -0.25) is 4.79 Å². The smallest absolute Gasteiger partial charge is 0.320 e. The van der Waals surface area contributed by atoms with Crippen LogP contribution in [0.4, 0.5) is 10.6 Å². The molecule has 3 aromatic rings. The lowest BCUT2D eigenvalue weighted by molar-refractivity contribution is 0.0932. The quantitative estimate of drug-likeness (QED) is 0.565. The Morgan fingerprint density at radius 2 is 1.65 bits per heavy atom. The lowest BCUT2D eigenvalue weighted by atomic mass is 9.98. The van der Waals surface area contributed by atoms with Gasteiger partial charge in [0.2, 0.25) is 0 Å². The summed E-state index contributed by atoms with van der Waals surface area (Å²) < 4.78 is 0. The van der Waals surface area contributed by atoms with Gasteiger partial charge < -0.3 is 20.0 Å². The van der Waals surface area contributed by atoms with Crippen molar-refractivity contribution in [3.63, 3.8) is 0 Å².